The lowest BCUT2D eigenvalue weighted by molar-refractivity contribution is -0.134. The van der Waals surface area contributed by atoms with Crippen LogP contribution in [0, 0.1) is 11.8 Å². The van der Waals surface area contributed by atoms with E-state index in [4.69, 9.17) is 15.0 Å². The van der Waals surface area contributed by atoms with Gasteiger partial charge in [0.25, 0.3) is 5.97 Å². The predicted octanol–water partition coefficient (Wildman–Crippen LogP) is 2.06. The number of aliphatic hydroxyl groups is 1. The van der Waals surface area contributed by atoms with Crippen molar-refractivity contribution >= 4 is 5.97 Å². The molecule has 0 aliphatic heterocycles. The number of aliphatic carboxylic acids is 1. The number of rotatable bonds is 1. The normalized spacial score (nSPS) is 25.9. The summed E-state index contributed by atoms with van der Waals surface area (Å²) in [5.41, 5.74) is 1.48. The topological polar surface area (TPSA) is 57.5 Å². The van der Waals surface area contributed by atoms with E-state index in [1.165, 1.54) is 12.0 Å². The molecule has 1 rings (SSSR count). The molecule has 0 spiro atoms. The monoisotopic (exact) mass is 200 g/mol. The van der Waals surface area contributed by atoms with Crippen molar-refractivity contribution in [3.05, 3.63) is 11.6 Å². The van der Waals surface area contributed by atoms with Crippen LogP contribution in [0.5, 0.6) is 0 Å². The van der Waals surface area contributed by atoms with Crippen LogP contribution in [0.25, 0.3) is 0 Å². The highest BCUT2D eigenvalue weighted by molar-refractivity contribution is 5.62. The molecule has 0 bridgehead atoms. The Kier molecular flexibility index (Phi) is 6.21. The molecule has 14 heavy (non-hydrogen) atoms. The summed E-state index contributed by atoms with van der Waals surface area (Å²) < 4.78 is 0. The van der Waals surface area contributed by atoms with E-state index in [0.29, 0.717) is 18.4 Å². The lowest BCUT2D eigenvalue weighted by Gasteiger charge is -2.25. The molecule has 0 amide bonds. The molecule has 3 nitrogen and oxygen atoms in total. The third kappa shape index (κ3) is 5.75. The number of carbonyl (C=O) groups is 1. The summed E-state index contributed by atoms with van der Waals surface area (Å²) in [7, 11) is 0. The summed E-state index contributed by atoms with van der Waals surface area (Å²) in [5, 5.41) is 16.3. The Bertz CT molecular complexity index is 205. The fourth-order valence-corrected chi connectivity index (χ4v) is 1.60. The van der Waals surface area contributed by atoms with Gasteiger partial charge in [-0.1, -0.05) is 18.6 Å². The summed E-state index contributed by atoms with van der Waals surface area (Å²) in [5.74, 6) is 0.360. The van der Waals surface area contributed by atoms with Crippen LogP contribution in [0.2, 0.25) is 0 Å². The van der Waals surface area contributed by atoms with Crippen LogP contribution < -0.4 is 0 Å². The Balaban J connectivity index is 0.000000364. The summed E-state index contributed by atoms with van der Waals surface area (Å²) in [6, 6.07) is 0. The maximum absolute atomic E-state index is 9.00. The van der Waals surface area contributed by atoms with Crippen LogP contribution >= 0.6 is 0 Å². The lowest BCUT2D eigenvalue weighted by atomic mass is 9.82. The third-order valence-electron chi connectivity index (χ3n) is 2.45. The van der Waals surface area contributed by atoms with Gasteiger partial charge in [-0.2, -0.15) is 0 Å². The number of carboxylic acid groups (broad SMARTS) is 1. The zero-order valence-electron chi connectivity index (χ0n) is 9.16. The first kappa shape index (κ1) is 13.2. The van der Waals surface area contributed by atoms with E-state index in [-0.39, 0.29) is 0 Å². The second-order valence-electron chi connectivity index (χ2n) is 3.93. The van der Waals surface area contributed by atoms with Gasteiger partial charge in [0.1, 0.15) is 0 Å². The Morgan fingerprint density at radius 1 is 1.64 bits per heavy atom. The van der Waals surface area contributed by atoms with E-state index in [9.17, 15) is 0 Å². The molecule has 2 atom stereocenters. The predicted molar refractivity (Wildman–Crippen MR) is 56.0 cm³/mol. The average Bonchev–Trinajstić information content (AvgIpc) is 2.03. The number of allylic oxidation sites excluding steroid dienone is 2. The number of aliphatic hydroxyl groups excluding tert-OH is 1. The molecule has 0 saturated carbocycles. The first-order chi connectivity index (χ1) is 6.47. The molecule has 0 radical (unpaired) electrons. The zero-order chi connectivity index (χ0) is 11.1. The van der Waals surface area contributed by atoms with Crippen molar-refractivity contribution < 1.29 is 15.0 Å². The maximum Gasteiger partial charge on any atom is 0.300 e. The molecule has 0 aromatic rings. The third-order valence-corrected chi connectivity index (χ3v) is 2.45. The van der Waals surface area contributed by atoms with Crippen LogP contribution in [-0.2, 0) is 4.79 Å². The number of hydrogen-bond acceptors (Lipinski definition) is 2. The first-order valence-corrected chi connectivity index (χ1v) is 4.93. The van der Waals surface area contributed by atoms with Crippen molar-refractivity contribution in [1.29, 1.82) is 0 Å². The Hall–Kier alpha value is -0.830. The highest BCUT2D eigenvalue weighted by atomic mass is 16.4. The van der Waals surface area contributed by atoms with Crippen LogP contribution in [0.1, 0.15) is 33.6 Å². The van der Waals surface area contributed by atoms with Crippen LogP contribution in [-0.4, -0.2) is 22.8 Å². The van der Waals surface area contributed by atoms with E-state index >= 15 is 0 Å². The molecule has 82 valence electrons. The Morgan fingerprint density at radius 3 is 2.50 bits per heavy atom. The molecule has 0 aromatic heterocycles. The molecule has 1 aliphatic carbocycles. The number of hydrogen-bond donors (Lipinski definition) is 2. The average molecular weight is 200 g/mol. The van der Waals surface area contributed by atoms with Gasteiger partial charge in [0.05, 0.1) is 0 Å². The fourth-order valence-electron chi connectivity index (χ4n) is 1.60. The van der Waals surface area contributed by atoms with E-state index in [0.717, 1.165) is 13.3 Å². The minimum atomic E-state index is -0.833. The van der Waals surface area contributed by atoms with Gasteiger partial charge in [0.2, 0.25) is 0 Å². The summed E-state index contributed by atoms with van der Waals surface area (Å²) in [6.07, 6.45) is 4.50. The molecule has 2 N–H and O–H groups in total. The summed E-state index contributed by atoms with van der Waals surface area (Å²) in [6.45, 7) is 5.83. The fraction of sp³-hybridized carbons (Fsp3) is 0.727. The van der Waals surface area contributed by atoms with Gasteiger partial charge in [0.15, 0.2) is 0 Å². The quantitative estimate of drug-likeness (QED) is 0.637. The van der Waals surface area contributed by atoms with Gasteiger partial charge < -0.3 is 10.2 Å². The van der Waals surface area contributed by atoms with Crippen molar-refractivity contribution in [2.45, 2.75) is 33.6 Å². The summed E-state index contributed by atoms with van der Waals surface area (Å²) in [4.78, 5) is 9.00. The Labute approximate surface area is 85.4 Å². The Morgan fingerprint density at radius 2 is 2.14 bits per heavy atom. The largest absolute Gasteiger partial charge is 0.481 e. The minimum Gasteiger partial charge on any atom is -0.481 e. The molecular formula is C11H20O3. The maximum atomic E-state index is 9.00. The molecule has 0 aromatic carbocycles. The van der Waals surface area contributed by atoms with Gasteiger partial charge in [0, 0.05) is 13.5 Å². The van der Waals surface area contributed by atoms with Crippen molar-refractivity contribution in [1.82, 2.24) is 0 Å². The molecule has 0 heterocycles. The van der Waals surface area contributed by atoms with Crippen molar-refractivity contribution in [3.8, 4) is 0 Å². The lowest BCUT2D eigenvalue weighted by Crippen LogP contribution is -2.18. The SMILES string of the molecule is CC(=O)O.CC1=CC[C@@H](CO)[C@H](C)C1. The van der Waals surface area contributed by atoms with Crippen molar-refractivity contribution in [2.24, 2.45) is 11.8 Å². The summed E-state index contributed by atoms with van der Waals surface area (Å²) >= 11 is 0. The van der Waals surface area contributed by atoms with Crippen LogP contribution in [0.15, 0.2) is 11.6 Å². The van der Waals surface area contributed by atoms with E-state index in [1.807, 2.05) is 0 Å². The standard InChI is InChI=1S/C9H16O.C2H4O2/c1-7-3-4-9(6-10)8(2)5-7;1-2(3)4/h3,8-10H,4-6H2,1-2H3;1H3,(H,3,4)/t8-,9+;/m1./s1. The molecule has 0 unspecified atom stereocenters. The van der Waals surface area contributed by atoms with Gasteiger partial charge >= 0.3 is 0 Å². The number of carboxylic acids is 1. The second kappa shape index (κ2) is 6.60. The van der Waals surface area contributed by atoms with E-state index in [1.54, 1.807) is 0 Å². The van der Waals surface area contributed by atoms with Gasteiger partial charge in [-0.05, 0) is 31.6 Å². The first-order valence-electron chi connectivity index (χ1n) is 4.93. The zero-order valence-corrected chi connectivity index (χ0v) is 9.16. The molecular weight excluding hydrogens is 180 g/mol. The van der Waals surface area contributed by atoms with Crippen LogP contribution in [0.3, 0.4) is 0 Å². The van der Waals surface area contributed by atoms with Crippen molar-refractivity contribution in [2.75, 3.05) is 6.61 Å². The van der Waals surface area contributed by atoms with Crippen molar-refractivity contribution in [3.63, 3.8) is 0 Å². The highest BCUT2D eigenvalue weighted by Crippen LogP contribution is 2.28. The smallest absolute Gasteiger partial charge is 0.300 e. The molecule has 0 saturated heterocycles. The van der Waals surface area contributed by atoms with Gasteiger partial charge in [-0.15, -0.1) is 0 Å². The molecule has 1 aliphatic rings. The molecule has 0 fully saturated rings. The minimum absolute atomic E-state index is 0.352. The van der Waals surface area contributed by atoms with E-state index in [2.05, 4.69) is 19.9 Å². The highest BCUT2D eigenvalue weighted by Gasteiger charge is 2.19. The van der Waals surface area contributed by atoms with Crippen LogP contribution in [0.4, 0.5) is 0 Å². The molecule has 3 heteroatoms. The second-order valence-corrected chi connectivity index (χ2v) is 3.93. The van der Waals surface area contributed by atoms with E-state index < -0.39 is 5.97 Å². The van der Waals surface area contributed by atoms with Gasteiger partial charge in [-0.25, -0.2) is 0 Å². The van der Waals surface area contributed by atoms with Gasteiger partial charge in [-0.3, -0.25) is 4.79 Å².